The lowest BCUT2D eigenvalue weighted by molar-refractivity contribution is -0.384. The topological polar surface area (TPSA) is 76.2 Å². The van der Waals surface area contributed by atoms with Gasteiger partial charge >= 0.3 is 5.69 Å². The van der Waals surface area contributed by atoms with Crippen molar-refractivity contribution < 1.29 is 4.92 Å². The van der Waals surface area contributed by atoms with Crippen molar-refractivity contribution in [2.45, 2.75) is 51.6 Å². The van der Waals surface area contributed by atoms with E-state index >= 15 is 0 Å². The third-order valence-electron chi connectivity index (χ3n) is 4.31. The van der Waals surface area contributed by atoms with E-state index in [0.29, 0.717) is 24.0 Å². The Balaban J connectivity index is 2.21. The highest BCUT2D eigenvalue weighted by atomic mass is 16.6. The number of anilines is 1. The number of nitrogens with zero attached hydrogens (tertiary/aromatic N) is 4. The van der Waals surface area contributed by atoms with Gasteiger partial charge in [0, 0.05) is 25.7 Å². The molecule has 0 saturated carbocycles. The van der Waals surface area contributed by atoms with E-state index in [1.54, 1.807) is 11.7 Å². The molecule has 7 heteroatoms. The van der Waals surface area contributed by atoms with Gasteiger partial charge in [0.05, 0.1) is 4.92 Å². The van der Waals surface area contributed by atoms with E-state index < -0.39 is 0 Å². The van der Waals surface area contributed by atoms with E-state index in [1.165, 1.54) is 0 Å². The largest absolute Gasteiger partial charge is 0.362 e. The van der Waals surface area contributed by atoms with Crippen LogP contribution >= 0.6 is 0 Å². The molecule has 2 heterocycles. The first-order valence-electron chi connectivity index (χ1n) is 7.61. The van der Waals surface area contributed by atoms with E-state index in [9.17, 15) is 10.1 Å². The van der Waals surface area contributed by atoms with Gasteiger partial charge in [-0.15, -0.1) is 0 Å². The minimum atomic E-state index is -0.307. The van der Waals surface area contributed by atoms with Crippen molar-refractivity contribution in [1.29, 1.82) is 0 Å². The van der Waals surface area contributed by atoms with Crippen LogP contribution in [0.25, 0.3) is 0 Å². The maximum Gasteiger partial charge on any atom is 0.333 e. The summed E-state index contributed by atoms with van der Waals surface area (Å²) in [6.45, 7) is 5.20. The fourth-order valence-electron chi connectivity index (χ4n) is 2.94. The molecule has 21 heavy (non-hydrogen) atoms. The van der Waals surface area contributed by atoms with Crippen molar-refractivity contribution in [2.24, 2.45) is 7.05 Å². The number of aryl methyl sites for hydroxylation is 2. The first-order valence-corrected chi connectivity index (χ1v) is 7.61. The lowest BCUT2D eigenvalue weighted by Crippen LogP contribution is -2.42. The second kappa shape index (κ2) is 6.43. The Morgan fingerprint density at radius 2 is 2.19 bits per heavy atom. The lowest BCUT2D eigenvalue weighted by Gasteiger charge is -2.35. The molecule has 7 nitrogen and oxygen atoms in total. The zero-order valence-corrected chi connectivity index (χ0v) is 13.3. The number of nitrogens with one attached hydrogen (secondary N) is 1. The molecule has 1 fully saturated rings. The Bertz CT molecular complexity index is 514. The summed E-state index contributed by atoms with van der Waals surface area (Å²) >= 11 is 0. The molecule has 2 rings (SSSR count). The Kier molecular flexibility index (Phi) is 4.82. The summed E-state index contributed by atoms with van der Waals surface area (Å²) in [5.74, 6) is 0.546. The van der Waals surface area contributed by atoms with Crippen molar-refractivity contribution in [2.75, 3.05) is 18.9 Å². The first-order chi connectivity index (χ1) is 9.93. The summed E-state index contributed by atoms with van der Waals surface area (Å²) in [6, 6.07) is 0.749. The molecule has 1 aromatic heterocycles. The van der Waals surface area contributed by atoms with Crippen LogP contribution in [0, 0.1) is 10.1 Å². The maximum atomic E-state index is 11.4. The molecule has 1 aliphatic rings. The molecular formula is C14H25N5O2. The normalized spacial score (nSPS) is 23.2. The SMILES string of the molecule is CCCc1nn(C)c(NC2CCN(C)C(C)C2)c1[N+](=O)[O-]. The van der Waals surface area contributed by atoms with Crippen molar-refractivity contribution in [3.05, 3.63) is 15.8 Å². The number of piperidine rings is 1. The Labute approximate surface area is 125 Å². The number of likely N-dealkylation sites (tertiary alicyclic amines) is 1. The number of hydrogen-bond donors (Lipinski definition) is 1. The molecule has 0 aromatic carbocycles. The van der Waals surface area contributed by atoms with Gasteiger partial charge in [0.25, 0.3) is 0 Å². The smallest absolute Gasteiger partial charge is 0.333 e. The zero-order chi connectivity index (χ0) is 15.6. The van der Waals surface area contributed by atoms with Gasteiger partial charge in [-0.25, -0.2) is 4.68 Å². The van der Waals surface area contributed by atoms with Gasteiger partial charge < -0.3 is 10.2 Å². The molecule has 118 valence electrons. The third kappa shape index (κ3) is 3.34. The molecule has 1 N–H and O–H groups in total. The van der Waals surface area contributed by atoms with Gasteiger partial charge in [-0.05, 0) is 33.2 Å². The number of rotatable bonds is 5. The highest BCUT2D eigenvalue weighted by molar-refractivity contribution is 5.60. The second-order valence-electron chi connectivity index (χ2n) is 5.97. The van der Waals surface area contributed by atoms with Crippen molar-refractivity contribution in [3.8, 4) is 0 Å². The van der Waals surface area contributed by atoms with E-state index in [1.807, 2.05) is 6.92 Å². The molecule has 0 radical (unpaired) electrons. The average Bonchev–Trinajstić information content (AvgIpc) is 2.71. The first kappa shape index (κ1) is 15.8. The molecule has 1 aromatic rings. The van der Waals surface area contributed by atoms with Crippen LogP contribution in [0.2, 0.25) is 0 Å². The Morgan fingerprint density at radius 3 is 2.76 bits per heavy atom. The molecule has 1 aliphatic heterocycles. The van der Waals surface area contributed by atoms with Gasteiger partial charge in [-0.1, -0.05) is 13.3 Å². The monoisotopic (exact) mass is 295 g/mol. The molecule has 0 amide bonds. The van der Waals surface area contributed by atoms with Crippen LogP contribution in [0.3, 0.4) is 0 Å². The van der Waals surface area contributed by atoms with Crippen LogP contribution in [0.15, 0.2) is 0 Å². The van der Waals surface area contributed by atoms with Crippen LogP contribution in [0.4, 0.5) is 11.5 Å². The lowest BCUT2D eigenvalue weighted by atomic mass is 9.99. The summed E-state index contributed by atoms with van der Waals surface area (Å²) in [5, 5.41) is 19.1. The molecule has 2 atom stereocenters. The highest BCUT2D eigenvalue weighted by Gasteiger charge is 2.30. The fraction of sp³-hybridized carbons (Fsp3) is 0.786. The number of aromatic nitrogens is 2. The summed E-state index contributed by atoms with van der Waals surface area (Å²) in [5.41, 5.74) is 0.722. The summed E-state index contributed by atoms with van der Waals surface area (Å²) in [6.07, 6.45) is 3.46. The zero-order valence-electron chi connectivity index (χ0n) is 13.3. The molecule has 0 aliphatic carbocycles. The summed E-state index contributed by atoms with van der Waals surface area (Å²) < 4.78 is 1.62. The Morgan fingerprint density at radius 1 is 1.48 bits per heavy atom. The van der Waals surface area contributed by atoms with Crippen LogP contribution in [-0.4, -0.2) is 45.3 Å². The average molecular weight is 295 g/mol. The Hall–Kier alpha value is -1.63. The van der Waals surface area contributed by atoms with Crippen molar-refractivity contribution >= 4 is 11.5 Å². The summed E-state index contributed by atoms with van der Waals surface area (Å²) in [4.78, 5) is 13.4. The van der Waals surface area contributed by atoms with Crippen LogP contribution in [0.5, 0.6) is 0 Å². The van der Waals surface area contributed by atoms with Gasteiger partial charge in [-0.3, -0.25) is 10.1 Å². The highest BCUT2D eigenvalue weighted by Crippen LogP contribution is 2.31. The van der Waals surface area contributed by atoms with Crippen LogP contribution in [-0.2, 0) is 13.5 Å². The minimum Gasteiger partial charge on any atom is -0.362 e. The quantitative estimate of drug-likeness (QED) is 0.665. The molecule has 1 saturated heterocycles. The van der Waals surface area contributed by atoms with Gasteiger partial charge in [0.2, 0.25) is 5.82 Å². The van der Waals surface area contributed by atoms with E-state index in [0.717, 1.165) is 25.8 Å². The fourth-order valence-corrected chi connectivity index (χ4v) is 2.94. The van der Waals surface area contributed by atoms with Gasteiger partial charge in [0.15, 0.2) is 0 Å². The third-order valence-corrected chi connectivity index (χ3v) is 4.31. The number of nitro groups is 1. The summed E-state index contributed by atoms with van der Waals surface area (Å²) in [7, 11) is 3.89. The van der Waals surface area contributed by atoms with Crippen LogP contribution in [0.1, 0.15) is 38.8 Å². The molecule has 0 spiro atoms. The minimum absolute atomic E-state index is 0.144. The van der Waals surface area contributed by atoms with E-state index in [4.69, 9.17) is 0 Å². The second-order valence-corrected chi connectivity index (χ2v) is 5.97. The standard InChI is InChI=1S/C14H25N5O2/c1-5-6-12-13(19(20)21)14(18(4)16-12)15-11-7-8-17(3)10(2)9-11/h10-11,15H,5-9H2,1-4H3. The van der Waals surface area contributed by atoms with Crippen molar-refractivity contribution in [1.82, 2.24) is 14.7 Å². The molecular weight excluding hydrogens is 270 g/mol. The maximum absolute atomic E-state index is 11.4. The van der Waals surface area contributed by atoms with E-state index in [-0.39, 0.29) is 16.7 Å². The molecule has 2 unspecified atom stereocenters. The predicted molar refractivity (Wildman–Crippen MR) is 82.6 cm³/mol. The van der Waals surface area contributed by atoms with E-state index in [2.05, 4.69) is 29.3 Å². The van der Waals surface area contributed by atoms with Crippen molar-refractivity contribution in [3.63, 3.8) is 0 Å². The van der Waals surface area contributed by atoms with Gasteiger partial charge in [0.1, 0.15) is 5.69 Å². The van der Waals surface area contributed by atoms with Crippen LogP contribution < -0.4 is 5.32 Å². The molecule has 0 bridgehead atoms. The predicted octanol–water partition coefficient (Wildman–Crippen LogP) is 2.18. The number of hydrogen-bond acceptors (Lipinski definition) is 5. The van der Waals surface area contributed by atoms with Gasteiger partial charge in [-0.2, -0.15) is 5.10 Å².